The van der Waals surface area contributed by atoms with Crippen LogP contribution in [0.15, 0.2) is 95.6 Å². The SMILES string of the molecule is CC/C=C(\O)NC(c1ccccc1)c1cccc(P(C)C(C)(C)CNCC(O)c2ccc(O)c3[nH]c(=O)ccc23)c1. The predicted octanol–water partition coefficient (Wildman–Crippen LogP) is 5.56. The van der Waals surface area contributed by atoms with E-state index in [4.69, 9.17) is 0 Å². The van der Waals surface area contributed by atoms with Gasteiger partial charge in [0.1, 0.15) is 5.75 Å². The van der Waals surface area contributed by atoms with Crippen LogP contribution in [0.3, 0.4) is 0 Å². The summed E-state index contributed by atoms with van der Waals surface area (Å²) in [7, 11) is -0.599. The molecule has 7 nitrogen and oxygen atoms in total. The summed E-state index contributed by atoms with van der Waals surface area (Å²) in [6.45, 7) is 9.74. The minimum atomic E-state index is -0.812. The molecule has 4 aromatic rings. The van der Waals surface area contributed by atoms with E-state index in [1.54, 1.807) is 18.2 Å². The first kappa shape index (κ1) is 30.3. The van der Waals surface area contributed by atoms with Crippen LogP contribution >= 0.6 is 7.92 Å². The number of phenols is 1. The molecule has 0 aliphatic heterocycles. The molecule has 0 saturated heterocycles. The number of aliphatic hydroxyl groups excluding tert-OH is 2. The number of H-pyrrole nitrogens is 1. The molecule has 8 heteroatoms. The Morgan fingerprint density at radius 3 is 2.49 bits per heavy atom. The summed E-state index contributed by atoms with van der Waals surface area (Å²) in [5.74, 6) is 0.143. The second-order valence-corrected chi connectivity index (χ2v) is 13.7. The Hall–Kier alpha value is -3.64. The lowest BCUT2D eigenvalue weighted by molar-refractivity contribution is 0.175. The van der Waals surface area contributed by atoms with Crippen LogP contribution in [0.4, 0.5) is 0 Å². The second kappa shape index (κ2) is 13.3. The van der Waals surface area contributed by atoms with Crippen LogP contribution in [0.2, 0.25) is 0 Å². The highest BCUT2D eigenvalue weighted by Crippen LogP contribution is 2.45. The van der Waals surface area contributed by atoms with E-state index in [-0.39, 0.29) is 28.4 Å². The van der Waals surface area contributed by atoms with Crippen molar-refractivity contribution in [1.82, 2.24) is 15.6 Å². The average molecular weight is 574 g/mol. The zero-order valence-electron chi connectivity index (χ0n) is 24.1. The topological polar surface area (TPSA) is 118 Å². The standard InChI is InChI=1S/C33H40N3O4P/c1-5-10-29(39)35-31(22-11-7-6-8-12-22)23-13-9-14-24(19-23)41(4)33(2,3)21-34-20-28(38)25-15-17-27(37)32-26(25)16-18-30(40)36-32/h6-19,28,31,34-35,37-39H,5,20-21H2,1-4H3,(H,36,40)/b29-10-. The largest absolute Gasteiger partial charge is 0.506 e. The van der Waals surface area contributed by atoms with E-state index >= 15 is 0 Å². The number of rotatable bonds is 12. The molecule has 41 heavy (non-hydrogen) atoms. The minimum Gasteiger partial charge on any atom is -0.506 e. The lowest BCUT2D eigenvalue weighted by Gasteiger charge is -2.34. The van der Waals surface area contributed by atoms with Crippen molar-refractivity contribution < 1.29 is 15.3 Å². The number of pyridine rings is 1. The third-order valence-electron chi connectivity index (χ3n) is 7.48. The molecule has 216 valence electrons. The third-order valence-corrected chi connectivity index (χ3v) is 10.5. The zero-order chi connectivity index (χ0) is 29.6. The molecule has 4 rings (SSSR count). The molecule has 0 bridgehead atoms. The van der Waals surface area contributed by atoms with Gasteiger partial charge in [0.05, 0.1) is 17.7 Å². The fourth-order valence-corrected chi connectivity index (χ4v) is 6.66. The van der Waals surface area contributed by atoms with E-state index in [1.165, 1.54) is 17.4 Å². The second-order valence-electron chi connectivity index (χ2n) is 10.9. The van der Waals surface area contributed by atoms with Gasteiger partial charge in [-0.1, -0.05) is 83.3 Å². The van der Waals surface area contributed by atoms with Crippen LogP contribution in [0.5, 0.6) is 5.75 Å². The van der Waals surface area contributed by atoms with Gasteiger partial charge in [-0.25, -0.2) is 0 Å². The van der Waals surface area contributed by atoms with Gasteiger partial charge in [0.2, 0.25) is 5.56 Å². The van der Waals surface area contributed by atoms with Crippen molar-refractivity contribution in [2.75, 3.05) is 19.8 Å². The summed E-state index contributed by atoms with van der Waals surface area (Å²) in [5.41, 5.74) is 2.82. The van der Waals surface area contributed by atoms with Crippen LogP contribution in [-0.2, 0) is 0 Å². The molecule has 3 atom stereocenters. The van der Waals surface area contributed by atoms with Gasteiger partial charge in [0.25, 0.3) is 0 Å². The number of hydrogen-bond donors (Lipinski definition) is 6. The quantitative estimate of drug-likeness (QED) is 0.0976. The summed E-state index contributed by atoms with van der Waals surface area (Å²) in [5, 5.41) is 40.1. The fourth-order valence-electron chi connectivity index (χ4n) is 4.96. The Kier molecular flexibility index (Phi) is 9.87. The summed E-state index contributed by atoms with van der Waals surface area (Å²) < 4.78 is 0. The van der Waals surface area contributed by atoms with Gasteiger partial charge in [-0.05, 0) is 59.4 Å². The predicted molar refractivity (Wildman–Crippen MR) is 169 cm³/mol. The fraction of sp³-hybridized carbons (Fsp3) is 0.303. The van der Waals surface area contributed by atoms with Gasteiger partial charge in [0.15, 0.2) is 5.88 Å². The van der Waals surface area contributed by atoms with Crippen molar-refractivity contribution in [3.8, 4) is 5.75 Å². The van der Waals surface area contributed by atoms with Crippen LogP contribution in [0.25, 0.3) is 10.9 Å². The normalized spacial score (nSPS) is 14.5. The summed E-state index contributed by atoms with van der Waals surface area (Å²) in [6.07, 6.45) is 1.70. The van der Waals surface area contributed by atoms with E-state index in [0.717, 1.165) is 17.5 Å². The maximum atomic E-state index is 11.7. The smallest absolute Gasteiger partial charge is 0.248 e. The molecule has 3 aromatic carbocycles. The molecule has 1 heterocycles. The monoisotopic (exact) mass is 573 g/mol. The number of fused-ring (bicyclic) bond motifs is 1. The molecule has 0 amide bonds. The van der Waals surface area contributed by atoms with Gasteiger partial charge in [-0.2, -0.15) is 0 Å². The van der Waals surface area contributed by atoms with E-state index in [9.17, 15) is 20.1 Å². The van der Waals surface area contributed by atoms with Gasteiger partial charge in [-0.3, -0.25) is 4.79 Å². The highest BCUT2D eigenvalue weighted by Gasteiger charge is 2.28. The molecule has 0 aliphatic carbocycles. The zero-order valence-corrected chi connectivity index (χ0v) is 25.0. The summed E-state index contributed by atoms with van der Waals surface area (Å²) in [6, 6.07) is 24.7. The Balaban J connectivity index is 1.48. The molecule has 0 spiro atoms. The Bertz CT molecular complexity index is 1550. The molecule has 0 aliphatic rings. The van der Waals surface area contributed by atoms with E-state index in [2.05, 4.69) is 72.5 Å². The van der Waals surface area contributed by atoms with Gasteiger partial charge in [-0.15, -0.1) is 0 Å². The molecule has 0 fully saturated rings. The number of aromatic nitrogens is 1. The van der Waals surface area contributed by atoms with Crippen molar-refractivity contribution in [2.24, 2.45) is 0 Å². The van der Waals surface area contributed by atoms with Crippen LogP contribution in [0, 0.1) is 0 Å². The van der Waals surface area contributed by atoms with Crippen LogP contribution in [0.1, 0.15) is 56.0 Å². The van der Waals surface area contributed by atoms with Gasteiger partial charge >= 0.3 is 0 Å². The first-order valence-corrected chi connectivity index (χ1v) is 15.7. The molecule has 3 unspecified atom stereocenters. The first-order chi connectivity index (χ1) is 19.6. The Morgan fingerprint density at radius 2 is 1.76 bits per heavy atom. The van der Waals surface area contributed by atoms with Crippen molar-refractivity contribution in [1.29, 1.82) is 0 Å². The van der Waals surface area contributed by atoms with Gasteiger partial charge in [0, 0.05) is 29.7 Å². The van der Waals surface area contributed by atoms with Gasteiger partial charge < -0.3 is 30.9 Å². The highest BCUT2D eigenvalue weighted by molar-refractivity contribution is 7.66. The third kappa shape index (κ3) is 7.36. The lowest BCUT2D eigenvalue weighted by atomic mass is 9.99. The number of nitrogens with one attached hydrogen (secondary N) is 3. The molecule has 0 radical (unpaired) electrons. The Morgan fingerprint density at radius 1 is 1.02 bits per heavy atom. The Labute approximate surface area is 242 Å². The maximum absolute atomic E-state index is 11.7. The number of aliphatic hydroxyl groups is 2. The van der Waals surface area contributed by atoms with E-state index in [0.29, 0.717) is 29.6 Å². The first-order valence-electron chi connectivity index (χ1n) is 13.9. The maximum Gasteiger partial charge on any atom is 0.248 e. The minimum absolute atomic E-state index is 0.0251. The molecule has 1 aromatic heterocycles. The lowest BCUT2D eigenvalue weighted by Crippen LogP contribution is -2.37. The van der Waals surface area contributed by atoms with Crippen molar-refractivity contribution in [2.45, 2.75) is 44.5 Å². The number of aromatic hydroxyl groups is 1. The number of benzene rings is 3. The van der Waals surface area contributed by atoms with Crippen molar-refractivity contribution in [3.63, 3.8) is 0 Å². The average Bonchev–Trinajstić information content (AvgIpc) is 2.96. The molecular weight excluding hydrogens is 533 g/mol. The van der Waals surface area contributed by atoms with Crippen molar-refractivity contribution in [3.05, 3.63) is 118 Å². The van der Waals surface area contributed by atoms with E-state index < -0.39 is 14.0 Å². The molecule has 0 saturated carbocycles. The van der Waals surface area contributed by atoms with Crippen molar-refractivity contribution >= 4 is 24.1 Å². The van der Waals surface area contributed by atoms with E-state index in [1.807, 2.05) is 25.1 Å². The molecular formula is C33H40N3O4P. The summed E-state index contributed by atoms with van der Waals surface area (Å²) >= 11 is 0. The van der Waals surface area contributed by atoms with Crippen LogP contribution in [-0.4, -0.2) is 45.2 Å². The molecule has 6 N–H and O–H groups in total. The van der Waals surface area contributed by atoms with Crippen LogP contribution < -0.4 is 21.5 Å². The summed E-state index contributed by atoms with van der Waals surface area (Å²) in [4.78, 5) is 14.4. The number of allylic oxidation sites excluding steroid dienone is 1. The number of hydrogen-bond acceptors (Lipinski definition) is 6. The number of aromatic amines is 1. The number of phenolic OH excluding ortho intramolecular Hbond substituents is 1. The highest BCUT2D eigenvalue weighted by atomic mass is 31.1.